The van der Waals surface area contributed by atoms with E-state index < -0.39 is 12.1 Å². The molecule has 1 fully saturated rings. The molecule has 1 aliphatic heterocycles. The van der Waals surface area contributed by atoms with E-state index >= 15 is 0 Å². The molecule has 0 spiro atoms. The number of aliphatic carboxylic acids is 1. The second-order valence-corrected chi connectivity index (χ2v) is 6.39. The third kappa shape index (κ3) is 3.19. The minimum absolute atomic E-state index is 0.0407. The molecule has 2 N–H and O–H groups in total. The van der Waals surface area contributed by atoms with E-state index in [9.17, 15) is 9.59 Å². The Morgan fingerprint density at radius 2 is 1.95 bits per heavy atom. The van der Waals surface area contributed by atoms with Crippen LogP contribution in [-0.4, -0.2) is 29.1 Å². The van der Waals surface area contributed by atoms with Crippen molar-refractivity contribution < 1.29 is 19.4 Å². The fraction of sp³-hybridized carbons (Fsp3) is 0.500. The van der Waals surface area contributed by atoms with Crippen molar-refractivity contribution in [2.45, 2.75) is 44.2 Å². The number of carbonyl (C=O) groups excluding carboxylic acids is 1. The molecule has 1 aliphatic carbocycles. The normalized spacial score (nSPS) is 26.9. The average molecular weight is 324 g/mol. The zero-order valence-electron chi connectivity index (χ0n) is 12.0. The summed E-state index contributed by atoms with van der Waals surface area (Å²) in [6, 6.07) is 5.39. The standard InChI is InChI=1S/C16H18ClNO4/c17-11-3-6-13-10(7-11)8-14(22-13)15(19)18-12-4-1-9(2-5-12)16(20)21/h3,6-7,9,12,14H,1-2,4-5,8H2,(H,18,19)(H,20,21)/t9?,12?,14-/m1/s1. The molecule has 3 rings (SSSR count). The summed E-state index contributed by atoms with van der Waals surface area (Å²) in [7, 11) is 0. The van der Waals surface area contributed by atoms with Crippen molar-refractivity contribution in [1.29, 1.82) is 0 Å². The predicted molar refractivity (Wildman–Crippen MR) is 81.1 cm³/mol. The lowest BCUT2D eigenvalue weighted by atomic mass is 9.86. The van der Waals surface area contributed by atoms with Crippen molar-refractivity contribution in [2.24, 2.45) is 5.92 Å². The van der Waals surface area contributed by atoms with Gasteiger partial charge in [0.05, 0.1) is 5.92 Å². The number of ether oxygens (including phenoxy) is 1. The van der Waals surface area contributed by atoms with Gasteiger partial charge in [-0.2, -0.15) is 0 Å². The topological polar surface area (TPSA) is 75.6 Å². The Kier molecular flexibility index (Phi) is 4.25. The molecule has 1 saturated carbocycles. The highest BCUT2D eigenvalue weighted by molar-refractivity contribution is 6.30. The smallest absolute Gasteiger partial charge is 0.306 e. The Bertz CT molecular complexity index is 596. The molecule has 0 bridgehead atoms. The third-order valence-corrected chi connectivity index (χ3v) is 4.65. The molecule has 22 heavy (non-hydrogen) atoms. The Morgan fingerprint density at radius 1 is 1.23 bits per heavy atom. The number of halogens is 1. The van der Waals surface area contributed by atoms with Crippen molar-refractivity contribution >= 4 is 23.5 Å². The number of carboxylic acids is 1. The number of hydrogen-bond acceptors (Lipinski definition) is 3. The first-order valence-corrected chi connectivity index (χ1v) is 7.89. The van der Waals surface area contributed by atoms with Gasteiger partial charge >= 0.3 is 5.97 Å². The second kappa shape index (κ2) is 6.16. The minimum atomic E-state index is -0.740. The van der Waals surface area contributed by atoms with Gasteiger partial charge in [-0.1, -0.05) is 11.6 Å². The first-order chi connectivity index (χ1) is 10.5. The SMILES string of the molecule is O=C(O)C1CCC(NC(=O)[C@H]2Cc3cc(Cl)ccc3O2)CC1. The summed E-state index contributed by atoms with van der Waals surface area (Å²) in [6.45, 7) is 0. The van der Waals surface area contributed by atoms with Gasteiger partial charge in [0, 0.05) is 17.5 Å². The van der Waals surface area contributed by atoms with E-state index in [0.717, 1.165) is 5.56 Å². The molecule has 1 aromatic rings. The van der Waals surface area contributed by atoms with Gasteiger partial charge in [0.15, 0.2) is 6.10 Å². The van der Waals surface area contributed by atoms with Gasteiger partial charge in [-0.25, -0.2) is 0 Å². The lowest BCUT2D eigenvalue weighted by Gasteiger charge is -2.27. The summed E-state index contributed by atoms with van der Waals surface area (Å²) in [4.78, 5) is 23.2. The highest BCUT2D eigenvalue weighted by atomic mass is 35.5. The van der Waals surface area contributed by atoms with Crippen molar-refractivity contribution in [3.05, 3.63) is 28.8 Å². The van der Waals surface area contributed by atoms with Crippen LogP contribution >= 0.6 is 11.6 Å². The van der Waals surface area contributed by atoms with Gasteiger partial charge in [-0.05, 0) is 49.4 Å². The predicted octanol–water partition coefficient (Wildman–Crippen LogP) is 2.40. The number of amides is 1. The summed E-state index contributed by atoms with van der Waals surface area (Å²) in [5.74, 6) is -0.441. The van der Waals surface area contributed by atoms with E-state index in [1.165, 1.54) is 0 Å². The van der Waals surface area contributed by atoms with Crippen LogP contribution in [0.25, 0.3) is 0 Å². The quantitative estimate of drug-likeness (QED) is 0.895. The van der Waals surface area contributed by atoms with Crippen LogP contribution in [0.5, 0.6) is 5.75 Å². The molecule has 1 atom stereocenters. The monoisotopic (exact) mass is 323 g/mol. The third-order valence-electron chi connectivity index (χ3n) is 4.41. The van der Waals surface area contributed by atoms with Crippen LogP contribution < -0.4 is 10.1 Å². The lowest BCUT2D eigenvalue weighted by Crippen LogP contribution is -2.45. The molecular formula is C16H18ClNO4. The Morgan fingerprint density at radius 3 is 2.64 bits per heavy atom. The van der Waals surface area contributed by atoms with Gasteiger partial charge in [0.2, 0.25) is 0 Å². The van der Waals surface area contributed by atoms with E-state index in [1.54, 1.807) is 12.1 Å². The number of hydrogen-bond donors (Lipinski definition) is 2. The van der Waals surface area contributed by atoms with Gasteiger partial charge in [0.25, 0.3) is 5.91 Å². The highest BCUT2D eigenvalue weighted by Crippen LogP contribution is 2.31. The number of carbonyl (C=O) groups is 2. The molecule has 0 aromatic heterocycles. The number of nitrogens with one attached hydrogen (secondary N) is 1. The maximum absolute atomic E-state index is 12.3. The summed E-state index contributed by atoms with van der Waals surface area (Å²) < 4.78 is 5.66. The Balaban J connectivity index is 1.53. The fourth-order valence-corrected chi connectivity index (χ4v) is 3.34. The second-order valence-electron chi connectivity index (χ2n) is 5.96. The molecule has 2 aliphatic rings. The minimum Gasteiger partial charge on any atom is -0.481 e. The van der Waals surface area contributed by atoms with Crippen LogP contribution in [0.2, 0.25) is 5.02 Å². The molecule has 0 saturated heterocycles. The molecule has 118 valence electrons. The maximum Gasteiger partial charge on any atom is 0.306 e. The average Bonchev–Trinajstić information content (AvgIpc) is 2.91. The molecule has 6 heteroatoms. The van der Waals surface area contributed by atoms with Crippen molar-refractivity contribution in [1.82, 2.24) is 5.32 Å². The summed E-state index contributed by atoms with van der Waals surface area (Å²) in [5.41, 5.74) is 0.947. The van der Waals surface area contributed by atoms with E-state index in [4.69, 9.17) is 21.4 Å². The van der Waals surface area contributed by atoms with E-state index in [-0.39, 0.29) is 17.9 Å². The number of benzene rings is 1. The van der Waals surface area contributed by atoms with E-state index in [2.05, 4.69) is 5.32 Å². The van der Waals surface area contributed by atoms with E-state index in [0.29, 0.717) is 42.9 Å². The zero-order valence-corrected chi connectivity index (χ0v) is 12.8. The van der Waals surface area contributed by atoms with Gasteiger partial charge in [-0.15, -0.1) is 0 Å². The first-order valence-electron chi connectivity index (χ1n) is 7.51. The van der Waals surface area contributed by atoms with Gasteiger partial charge < -0.3 is 15.2 Å². The summed E-state index contributed by atoms with van der Waals surface area (Å²) in [6.07, 6.45) is 2.63. The number of rotatable bonds is 3. The number of carboxylic acid groups (broad SMARTS) is 1. The Hall–Kier alpha value is -1.75. The fourth-order valence-electron chi connectivity index (χ4n) is 3.14. The van der Waals surface area contributed by atoms with Crippen LogP contribution in [0.1, 0.15) is 31.2 Å². The molecule has 5 nitrogen and oxygen atoms in total. The van der Waals surface area contributed by atoms with Crippen LogP contribution in [0.15, 0.2) is 18.2 Å². The molecule has 0 radical (unpaired) electrons. The van der Waals surface area contributed by atoms with Crippen LogP contribution in [0, 0.1) is 5.92 Å². The van der Waals surface area contributed by atoms with Gasteiger partial charge in [-0.3, -0.25) is 9.59 Å². The summed E-state index contributed by atoms with van der Waals surface area (Å²) in [5, 5.41) is 12.6. The number of fused-ring (bicyclic) bond motifs is 1. The van der Waals surface area contributed by atoms with Crippen LogP contribution in [0.3, 0.4) is 0 Å². The largest absolute Gasteiger partial charge is 0.481 e. The maximum atomic E-state index is 12.3. The van der Waals surface area contributed by atoms with Crippen LogP contribution in [-0.2, 0) is 16.0 Å². The molecule has 1 heterocycles. The first kappa shape index (κ1) is 15.2. The van der Waals surface area contributed by atoms with Gasteiger partial charge in [0.1, 0.15) is 5.75 Å². The lowest BCUT2D eigenvalue weighted by molar-refractivity contribution is -0.142. The molecule has 1 amide bonds. The molecule has 0 unspecified atom stereocenters. The zero-order chi connectivity index (χ0) is 15.7. The van der Waals surface area contributed by atoms with Crippen LogP contribution in [0.4, 0.5) is 0 Å². The van der Waals surface area contributed by atoms with Crippen molar-refractivity contribution in [3.63, 3.8) is 0 Å². The Labute approximate surface area is 133 Å². The molecule has 1 aromatic carbocycles. The summed E-state index contributed by atoms with van der Waals surface area (Å²) >= 11 is 5.94. The van der Waals surface area contributed by atoms with E-state index in [1.807, 2.05) is 6.07 Å². The highest BCUT2D eigenvalue weighted by Gasteiger charge is 2.32. The molecular weight excluding hydrogens is 306 g/mol. The van der Waals surface area contributed by atoms with Crippen molar-refractivity contribution in [2.75, 3.05) is 0 Å². The van der Waals surface area contributed by atoms with Crippen molar-refractivity contribution in [3.8, 4) is 5.75 Å².